The van der Waals surface area contributed by atoms with Crippen LogP contribution >= 0.6 is 27.5 Å². The van der Waals surface area contributed by atoms with E-state index in [-0.39, 0.29) is 17.4 Å². The van der Waals surface area contributed by atoms with E-state index in [0.29, 0.717) is 29.6 Å². The monoisotopic (exact) mass is 443 g/mol. The molecule has 2 amide bonds. The molecule has 5 nitrogen and oxygen atoms in total. The SMILES string of the molecule is CC(C)(C)NC(=O)CN1CCC(CNC(=O)c2cc(Cl)cc(Br)c2)CC1. The van der Waals surface area contributed by atoms with E-state index in [1.165, 1.54) is 0 Å². The third kappa shape index (κ3) is 7.25. The largest absolute Gasteiger partial charge is 0.352 e. The molecular weight excluding hydrogens is 418 g/mol. The quantitative estimate of drug-likeness (QED) is 0.731. The van der Waals surface area contributed by atoms with Gasteiger partial charge in [-0.1, -0.05) is 27.5 Å². The zero-order valence-electron chi connectivity index (χ0n) is 15.6. The summed E-state index contributed by atoms with van der Waals surface area (Å²) in [5, 5.41) is 6.52. The van der Waals surface area contributed by atoms with Gasteiger partial charge >= 0.3 is 0 Å². The minimum absolute atomic E-state index is 0.0655. The molecule has 0 unspecified atom stereocenters. The summed E-state index contributed by atoms with van der Waals surface area (Å²) >= 11 is 9.34. The first-order valence-corrected chi connectivity index (χ1v) is 10.1. The molecule has 0 aromatic heterocycles. The van der Waals surface area contributed by atoms with Crippen molar-refractivity contribution in [2.24, 2.45) is 5.92 Å². The average molecular weight is 445 g/mol. The van der Waals surface area contributed by atoms with Crippen molar-refractivity contribution in [3.05, 3.63) is 33.3 Å². The Kier molecular flexibility index (Phi) is 7.50. The predicted molar refractivity (Wildman–Crippen MR) is 109 cm³/mol. The molecule has 2 rings (SSSR count). The van der Waals surface area contributed by atoms with Crippen LogP contribution in [0.3, 0.4) is 0 Å². The highest BCUT2D eigenvalue weighted by atomic mass is 79.9. The van der Waals surface area contributed by atoms with Crippen LogP contribution in [0.15, 0.2) is 22.7 Å². The summed E-state index contributed by atoms with van der Waals surface area (Å²) in [5.41, 5.74) is 0.357. The van der Waals surface area contributed by atoms with Gasteiger partial charge in [0, 0.05) is 27.1 Å². The Balaban J connectivity index is 1.73. The van der Waals surface area contributed by atoms with Crippen molar-refractivity contribution in [2.75, 3.05) is 26.2 Å². The Hall–Kier alpha value is -1.11. The summed E-state index contributed by atoms with van der Waals surface area (Å²) in [5.74, 6) is 0.388. The number of benzene rings is 1. The van der Waals surface area contributed by atoms with E-state index in [9.17, 15) is 9.59 Å². The molecule has 144 valence electrons. The van der Waals surface area contributed by atoms with E-state index in [2.05, 4.69) is 31.5 Å². The standard InChI is InChI=1S/C19H27BrClN3O2/c1-19(2,3)23-17(25)12-24-6-4-13(5-7-24)11-22-18(26)14-8-15(20)10-16(21)9-14/h8-10,13H,4-7,11-12H2,1-3H3,(H,22,26)(H,23,25). The average Bonchev–Trinajstić information content (AvgIpc) is 2.51. The number of piperidine rings is 1. The second-order valence-electron chi connectivity index (χ2n) is 7.89. The number of rotatable bonds is 5. The Morgan fingerprint density at radius 1 is 1.23 bits per heavy atom. The van der Waals surface area contributed by atoms with Crippen molar-refractivity contribution in [3.63, 3.8) is 0 Å². The molecule has 1 saturated heterocycles. The van der Waals surface area contributed by atoms with E-state index in [4.69, 9.17) is 11.6 Å². The van der Waals surface area contributed by atoms with Gasteiger partial charge in [-0.3, -0.25) is 14.5 Å². The number of hydrogen-bond donors (Lipinski definition) is 2. The van der Waals surface area contributed by atoms with Gasteiger partial charge in [-0.15, -0.1) is 0 Å². The Morgan fingerprint density at radius 3 is 2.46 bits per heavy atom. The normalized spacial score (nSPS) is 16.3. The zero-order chi connectivity index (χ0) is 19.3. The van der Waals surface area contributed by atoms with Gasteiger partial charge in [-0.05, 0) is 70.8 Å². The fraction of sp³-hybridized carbons (Fsp3) is 0.579. The third-order valence-electron chi connectivity index (χ3n) is 4.26. The topological polar surface area (TPSA) is 61.4 Å². The van der Waals surface area contributed by atoms with Gasteiger partial charge in [0.05, 0.1) is 6.54 Å². The van der Waals surface area contributed by atoms with Gasteiger partial charge < -0.3 is 10.6 Å². The Morgan fingerprint density at radius 2 is 1.88 bits per heavy atom. The molecule has 0 radical (unpaired) electrons. The fourth-order valence-corrected chi connectivity index (χ4v) is 3.89. The summed E-state index contributed by atoms with van der Waals surface area (Å²) in [6, 6.07) is 5.18. The minimum Gasteiger partial charge on any atom is -0.352 e. The van der Waals surface area contributed by atoms with E-state index in [1.54, 1.807) is 18.2 Å². The second kappa shape index (κ2) is 9.20. The first-order valence-electron chi connectivity index (χ1n) is 8.90. The van der Waals surface area contributed by atoms with E-state index in [1.807, 2.05) is 20.8 Å². The number of nitrogens with zero attached hydrogens (tertiary/aromatic N) is 1. The summed E-state index contributed by atoms with van der Waals surface area (Å²) in [6.07, 6.45) is 1.95. The molecule has 0 spiro atoms. The van der Waals surface area contributed by atoms with E-state index in [0.717, 1.165) is 30.4 Å². The number of carbonyl (C=O) groups is 2. The zero-order valence-corrected chi connectivity index (χ0v) is 17.9. The van der Waals surface area contributed by atoms with Gasteiger partial charge in [0.15, 0.2) is 0 Å². The number of halogens is 2. The molecule has 2 N–H and O–H groups in total. The van der Waals surface area contributed by atoms with Gasteiger partial charge in [0.2, 0.25) is 5.91 Å². The summed E-state index contributed by atoms with van der Waals surface area (Å²) in [6.45, 7) is 8.79. The number of likely N-dealkylation sites (tertiary alicyclic amines) is 1. The van der Waals surface area contributed by atoms with Crippen molar-refractivity contribution in [2.45, 2.75) is 39.2 Å². The maximum Gasteiger partial charge on any atom is 0.251 e. The van der Waals surface area contributed by atoms with Crippen LogP contribution in [0.5, 0.6) is 0 Å². The van der Waals surface area contributed by atoms with Gasteiger partial charge in [0.25, 0.3) is 5.91 Å². The maximum atomic E-state index is 12.3. The molecular formula is C19H27BrClN3O2. The Bertz CT molecular complexity index is 632. The van der Waals surface area contributed by atoms with E-state index >= 15 is 0 Å². The van der Waals surface area contributed by atoms with Crippen LogP contribution in [0, 0.1) is 5.92 Å². The lowest BCUT2D eigenvalue weighted by atomic mass is 9.96. The van der Waals surface area contributed by atoms with Crippen molar-refractivity contribution < 1.29 is 9.59 Å². The molecule has 1 fully saturated rings. The highest BCUT2D eigenvalue weighted by Gasteiger charge is 2.23. The van der Waals surface area contributed by atoms with E-state index < -0.39 is 0 Å². The molecule has 0 bridgehead atoms. The molecule has 26 heavy (non-hydrogen) atoms. The highest BCUT2D eigenvalue weighted by molar-refractivity contribution is 9.10. The minimum atomic E-state index is -0.199. The van der Waals surface area contributed by atoms with Crippen molar-refractivity contribution in [3.8, 4) is 0 Å². The maximum absolute atomic E-state index is 12.3. The molecule has 7 heteroatoms. The summed E-state index contributed by atoms with van der Waals surface area (Å²) < 4.78 is 0.789. The van der Waals surface area contributed by atoms with Crippen LogP contribution < -0.4 is 10.6 Å². The van der Waals surface area contributed by atoms with Crippen molar-refractivity contribution >= 4 is 39.3 Å². The van der Waals surface area contributed by atoms with Crippen LogP contribution in [0.1, 0.15) is 44.0 Å². The lowest BCUT2D eigenvalue weighted by Gasteiger charge is -2.32. The van der Waals surface area contributed by atoms with Gasteiger partial charge in [-0.2, -0.15) is 0 Å². The molecule has 1 aromatic carbocycles. The van der Waals surface area contributed by atoms with Gasteiger partial charge in [0.1, 0.15) is 0 Å². The smallest absolute Gasteiger partial charge is 0.251 e. The third-order valence-corrected chi connectivity index (χ3v) is 4.94. The predicted octanol–water partition coefficient (Wildman–Crippen LogP) is 3.46. The Labute approximate surface area is 169 Å². The molecule has 1 aliphatic rings. The van der Waals surface area contributed by atoms with Gasteiger partial charge in [-0.25, -0.2) is 0 Å². The molecule has 0 aliphatic carbocycles. The van der Waals surface area contributed by atoms with Crippen LogP contribution in [0.4, 0.5) is 0 Å². The molecule has 1 aromatic rings. The molecule has 1 heterocycles. The van der Waals surface area contributed by atoms with Crippen molar-refractivity contribution in [1.29, 1.82) is 0 Å². The number of carbonyl (C=O) groups excluding carboxylic acids is 2. The number of amides is 2. The molecule has 0 atom stereocenters. The van der Waals surface area contributed by atoms with Crippen LogP contribution in [-0.4, -0.2) is 48.4 Å². The summed E-state index contributed by atoms with van der Waals surface area (Å²) in [4.78, 5) is 26.5. The first-order chi connectivity index (χ1) is 12.1. The first kappa shape index (κ1) is 21.2. The number of nitrogens with one attached hydrogen (secondary N) is 2. The lowest BCUT2D eigenvalue weighted by Crippen LogP contribution is -2.48. The van der Waals surface area contributed by atoms with Crippen LogP contribution in [0.2, 0.25) is 5.02 Å². The molecule has 1 aliphatic heterocycles. The lowest BCUT2D eigenvalue weighted by molar-refractivity contribution is -0.124. The van der Waals surface area contributed by atoms with Crippen molar-refractivity contribution in [1.82, 2.24) is 15.5 Å². The van der Waals surface area contributed by atoms with Crippen LogP contribution in [0.25, 0.3) is 0 Å². The molecule has 0 saturated carbocycles. The summed E-state index contributed by atoms with van der Waals surface area (Å²) in [7, 11) is 0. The number of hydrogen-bond acceptors (Lipinski definition) is 3. The second-order valence-corrected chi connectivity index (χ2v) is 9.24. The fourth-order valence-electron chi connectivity index (χ4n) is 3.03. The van der Waals surface area contributed by atoms with Crippen LogP contribution in [-0.2, 0) is 4.79 Å². The highest BCUT2D eigenvalue weighted by Crippen LogP contribution is 2.20.